The zero-order chi connectivity index (χ0) is 23.0. The Morgan fingerprint density at radius 1 is 0.968 bits per heavy atom. The maximum absolute atomic E-state index is 11.9. The number of amides is 3. The van der Waals surface area contributed by atoms with E-state index in [9.17, 15) is 14.4 Å². The molecule has 2 aromatic rings. The standard InChI is InChI=1S/C22H25BrClN3O4/c1-22(2,3)14-8-9-18(15(23)12-14)31-13-21(30)27-26-20(29)11-10-19(28)25-17-7-5-4-6-16(17)24/h4-9,12H,10-11,13H2,1-3H3,(H,25,28)(H,26,29)(H,27,30). The number of carbonyl (C=O) groups excluding carboxylic acids is 3. The molecule has 0 aliphatic carbocycles. The molecule has 0 unspecified atom stereocenters. The van der Waals surface area contributed by atoms with Crippen molar-refractivity contribution >= 4 is 50.9 Å². The van der Waals surface area contributed by atoms with E-state index in [1.54, 1.807) is 30.3 Å². The molecule has 0 aliphatic heterocycles. The molecule has 7 nitrogen and oxygen atoms in total. The topological polar surface area (TPSA) is 96.5 Å². The molecule has 2 aromatic carbocycles. The fourth-order valence-corrected chi connectivity index (χ4v) is 3.14. The fraction of sp³-hybridized carbons (Fsp3) is 0.318. The number of hydrogen-bond acceptors (Lipinski definition) is 4. The van der Waals surface area contributed by atoms with Crippen LogP contribution in [-0.2, 0) is 19.8 Å². The number of nitrogens with one attached hydrogen (secondary N) is 3. The van der Waals surface area contributed by atoms with Gasteiger partial charge >= 0.3 is 0 Å². The van der Waals surface area contributed by atoms with Crippen molar-refractivity contribution in [1.82, 2.24) is 10.9 Å². The Labute approximate surface area is 195 Å². The van der Waals surface area contributed by atoms with E-state index in [4.69, 9.17) is 16.3 Å². The molecule has 2 rings (SSSR count). The third kappa shape index (κ3) is 8.22. The molecule has 0 heterocycles. The van der Waals surface area contributed by atoms with Crippen LogP contribution in [0.5, 0.6) is 5.75 Å². The Morgan fingerprint density at radius 2 is 1.61 bits per heavy atom. The Kier molecular flexibility index (Phi) is 8.88. The molecule has 0 saturated heterocycles. The summed E-state index contributed by atoms with van der Waals surface area (Å²) in [5.41, 5.74) is 6.11. The second-order valence-electron chi connectivity index (χ2n) is 7.81. The second-order valence-corrected chi connectivity index (χ2v) is 9.07. The predicted molar refractivity (Wildman–Crippen MR) is 124 cm³/mol. The quantitative estimate of drug-likeness (QED) is 0.483. The van der Waals surface area contributed by atoms with Gasteiger partial charge in [-0.3, -0.25) is 25.2 Å². The lowest BCUT2D eigenvalue weighted by Gasteiger charge is -2.20. The zero-order valence-corrected chi connectivity index (χ0v) is 19.9. The molecule has 0 aromatic heterocycles. The minimum Gasteiger partial charge on any atom is -0.483 e. The van der Waals surface area contributed by atoms with E-state index in [2.05, 4.69) is 52.9 Å². The number of rotatable bonds is 7. The van der Waals surface area contributed by atoms with Crippen molar-refractivity contribution in [2.24, 2.45) is 0 Å². The third-order valence-corrected chi connectivity index (χ3v) is 5.17. The number of ether oxygens (including phenoxy) is 1. The average molecular weight is 511 g/mol. The van der Waals surface area contributed by atoms with Crippen LogP contribution in [0.15, 0.2) is 46.9 Å². The van der Waals surface area contributed by atoms with Gasteiger partial charge in [0.1, 0.15) is 5.75 Å². The van der Waals surface area contributed by atoms with Gasteiger partial charge in [0.05, 0.1) is 15.2 Å². The van der Waals surface area contributed by atoms with Crippen molar-refractivity contribution in [1.29, 1.82) is 0 Å². The lowest BCUT2D eigenvalue weighted by Crippen LogP contribution is -2.44. The zero-order valence-electron chi connectivity index (χ0n) is 17.6. The van der Waals surface area contributed by atoms with E-state index in [0.717, 1.165) is 10.0 Å². The van der Waals surface area contributed by atoms with E-state index in [0.29, 0.717) is 16.5 Å². The fourth-order valence-electron chi connectivity index (χ4n) is 2.47. The first-order chi connectivity index (χ1) is 14.6. The summed E-state index contributed by atoms with van der Waals surface area (Å²) in [7, 11) is 0. The molecular formula is C22H25BrClN3O4. The van der Waals surface area contributed by atoms with Crippen LogP contribution in [0.2, 0.25) is 5.02 Å². The highest BCUT2D eigenvalue weighted by Gasteiger charge is 2.16. The average Bonchev–Trinajstić information content (AvgIpc) is 2.70. The molecular weight excluding hydrogens is 486 g/mol. The van der Waals surface area contributed by atoms with Crippen molar-refractivity contribution in [3.63, 3.8) is 0 Å². The van der Waals surface area contributed by atoms with Gasteiger partial charge < -0.3 is 10.1 Å². The van der Waals surface area contributed by atoms with Gasteiger partial charge in [-0.25, -0.2) is 0 Å². The van der Waals surface area contributed by atoms with Crippen LogP contribution < -0.4 is 20.9 Å². The number of hydrazine groups is 1. The van der Waals surface area contributed by atoms with E-state index < -0.39 is 11.8 Å². The van der Waals surface area contributed by atoms with Crippen molar-refractivity contribution < 1.29 is 19.1 Å². The van der Waals surface area contributed by atoms with Crippen LogP contribution in [0.1, 0.15) is 39.2 Å². The van der Waals surface area contributed by atoms with Crippen LogP contribution in [0, 0.1) is 0 Å². The van der Waals surface area contributed by atoms with Crippen LogP contribution in [-0.4, -0.2) is 24.3 Å². The number of carbonyl (C=O) groups is 3. The Balaban J connectivity index is 1.71. The van der Waals surface area contributed by atoms with Gasteiger partial charge in [0.15, 0.2) is 6.61 Å². The molecule has 0 aliphatic rings. The highest BCUT2D eigenvalue weighted by molar-refractivity contribution is 9.10. The lowest BCUT2D eigenvalue weighted by molar-refractivity contribution is -0.130. The third-order valence-electron chi connectivity index (χ3n) is 4.23. The number of hydrogen-bond donors (Lipinski definition) is 3. The maximum atomic E-state index is 11.9. The van der Waals surface area contributed by atoms with Gasteiger partial charge in [-0.2, -0.15) is 0 Å². The minimum atomic E-state index is -0.527. The lowest BCUT2D eigenvalue weighted by atomic mass is 9.87. The van der Waals surface area contributed by atoms with Gasteiger partial charge in [0.2, 0.25) is 11.8 Å². The van der Waals surface area contributed by atoms with Gasteiger partial charge in [-0.15, -0.1) is 0 Å². The molecule has 0 radical (unpaired) electrons. The van der Waals surface area contributed by atoms with Crippen LogP contribution >= 0.6 is 27.5 Å². The first kappa shape index (κ1) is 24.7. The normalized spacial score (nSPS) is 10.9. The smallest absolute Gasteiger partial charge is 0.276 e. The van der Waals surface area contributed by atoms with Crippen molar-refractivity contribution in [3.8, 4) is 5.75 Å². The van der Waals surface area contributed by atoms with Gasteiger partial charge in [-0.05, 0) is 51.2 Å². The highest BCUT2D eigenvalue weighted by Crippen LogP contribution is 2.31. The van der Waals surface area contributed by atoms with Crippen LogP contribution in [0.3, 0.4) is 0 Å². The van der Waals surface area contributed by atoms with Gasteiger partial charge in [-0.1, -0.05) is 50.6 Å². The number of anilines is 1. The van der Waals surface area contributed by atoms with E-state index in [-0.39, 0.29) is 30.8 Å². The molecule has 0 saturated carbocycles. The molecule has 3 N–H and O–H groups in total. The predicted octanol–water partition coefficient (Wildman–Crippen LogP) is 4.35. The molecule has 0 bridgehead atoms. The molecule has 166 valence electrons. The Morgan fingerprint density at radius 3 is 2.26 bits per heavy atom. The summed E-state index contributed by atoms with van der Waals surface area (Å²) in [5, 5.41) is 3.03. The molecule has 0 spiro atoms. The molecule has 3 amide bonds. The van der Waals surface area contributed by atoms with E-state index in [1.807, 2.05) is 12.1 Å². The summed E-state index contributed by atoms with van der Waals surface area (Å²) in [6.45, 7) is 6.03. The number of para-hydroxylation sites is 1. The van der Waals surface area contributed by atoms with Crippen molar-refractivity contribution in [3.05, 3.63) is 57.5 Å². The maximum Gasteiger partial charge on any atom is 0.276 e. The molecule has 0 atom stereocenters. The second kappa shape index (κ2) is 11.2. The summed E-state index contributed by atoms with van der Waals surface area (Å²) in [4.78, 5) is 35.7. The molecule has 0 fully saturated rings. The minimum absolute atomic E-state index is 0.00698. The summed E-state index contributed by atoms with van der Waals surface area (Å²) in [6.07, 6.45) is -0.159. The van der Waals surface area contributed by atoms with Crippen LogP contribution in [0.25, 0.3) is 0 Å². The summed E-state index contributed by atoms with van der Waals surface area (Å²) in [5.74, 6) is -0.869. The van der Waals surface area contributed by atoms with E-state index >= 15 is 0 Å². The molecule has 31 heavy (non-hydrogen) atoms. The summed E-state index contributed by atoms with van der Waals surface area (Å²) < 4.78 is 6.22. The first-order valence-electron chi connectivity index (χ1n) is 9.61. The monoisotopic (exact) mass is 509 g/mol. The number of benzene rings is 2. The largest absolute Gasteiger partial charge is 0.483 e. The SMILES string of the molecule is CC(C)(C)c1ccc(OCC(=O)NNC(=O)CCC(=O)Nc2ccccc2Cl)c(Br)c1. The number of halogens is 2. The summed E-state index contributed by atoms with van der Waals surface area (Å²) in [6, 6.07) is 12.5. The highest BCUT2D eigenvalue weighted by atomic mass is 79.9. The molecule has 9 heteroatoms. The van der Waals surface area contributed by atoms with Crippen molar-refractivity contribution in [2.45, 2.75) is 39.0 Å². The van der Waals surface area contributed by atoms with Gasteiger partial charge in [0, 0.05) is 12.8 Å². The summed E-state index contributed by atoms with van der Waals surface area (Å²) >= 11 is 9.41. The van der Waals surface area contributed by atoms with Gasteiger partial charge in [0.25, 0.3) is 5.91 Å². The first-order valence-corrected chi connectivity index (χ1v) is 10.8. The van der Waals surface area contributed by atoms with Crippen molar-refractivity contribution in [2.75, 3.05) is 11.9 Å². The Hall–Kier alpha value is -2.58. The van der Waals surface area contributed by atoms with Crippen LogP contribution in [0.4, 0.5) is 5.69 Å². The Bertz CT molecular complexity index is 960. The van der Waals surface area contributed by atoms with E-state index in [1.165, 1.54) is 0 Å².